The SMILES string of the molecule is CCCC1CCCC(NCCCN(C)C)CC1. The molecule has 2 atom stereocenters. The summed E-state index contributed by atoms with van der Waals surface area (Å²) < 4.78 is 0. The minimum absolute atomic E-state index is 0.805. The van der Waals surface area contributed by atoms with Crippen molar-refractivity contribution in [2.75, 3.05) is 27.2 Å². The molecule has 1 aliphatic rings. The minimum atomic E-state index is 0.805. The highest BCUT2D eigenvalue weighted by atomic mass is 15.1. The highest BCUT2D eigenvalue weighted by Gasteiger charge is 2.17. The van der Waals surface area contributed by atoms with Gasteiger partial charge in [0.05, 0.1) is 0 Å². The quantitative estimate of drug-likeness (QED) is 0.543. The molecule has 17 heavy (non-hydrogen) atoms. The molecule has 0 aliphatic heterocycles. The highest BCUT2D eigenvalue weighted by molar-refractivity contribution is 4.74. The molecule has 0 heterocycles. The Hall–Kier alpha value is -0.0800. The van der Waals surface area contributed by atoms with E-state index in [1.807, 2.05) is 0 Å². The fourth-order valence-electron chi connectivity index (χ4n) is 2.98. The van der Waals surface area contributed by atoms with Crippen molar-refractivity contribution in [1.29, 1.82) is 0 Å². The molecule has 0 spiro atoms. The van der Waals surface area contributed by atoms with Crippen molar-refractivity contribution >= 4 is 0 Å². The zero-order valence-electron chi connectivity index (χ0n) is 12.2. The first-order valence-corrected chi connectivity index (χ1v) is 7.60. The van der Waals surface area contributed by atoms with Crippen LogP contribution < -0.4 is 5.32 Å². The van der Waals surface area contributed by atoms with Crippen LogP contribution in [0.1, 0.15) is 58.3 Å². The van der Waals surface area contributed by atoms with Crippen LogP contribution in [-0.4, -0.2) is 38.1 Å². The van der Waals surface area contributed by atoms with E-state index in [2.05, 4.69) is 31.2 Å². The molecule has 0 radical (unpaired) electrons. The Bertz CT molecular complexity index is 180. The van der Waals surface area contributed by atoms with Gasteiger partial charge in [0, 0.05) is 6.04 Å². The van der Waals surface area contributed by atoms with Gasteiger partial charge in [-0.2, -0.15) is 0 Å². The third-order valence-corrected chi connectivity index (χ3v) is 4.00. The van der Waals surface area contributed by atoms with E-state index in [0.717, 1.165) is 12.0 Å². The molecule has 1 fully saturated rings. The molecule has 0 bridgehead atoms. The van der Waals surface area contributed by atoms with Gasteiger partial charge in [0.15, 0.2) is 0 Å². The highest BCUT2D eigenvalue weighted by Crippen LogP contribution is 2.26. The maximum Gasteiger partial charge on any atom is 0.00671 e. The number of nitrogens with zero attached hydrogens (tertiary/aromatic N) is 1. The van der Waals surface area contributed by atoms with E-state index in [0.29, 0.717) is 0 Å². The average molecular weight is 240 g/mol. The Morgan fingerprint density at radius 2 is 1.94 bits per heavy atom. The summed E-state index contributed by atoms with van der Waals surface area (Å²) in [6.45, 7) is 4.72. The van der Waals surface area contributed by atoms with E-state index in [1.54, 1.807) is 0 Å². The minimum Gasteiger partial charge on any atom is -0.314 e. The summed E-state index contributed by atoms with van der Waals surface area (Å²) in [7, 11) is 4.31. The Morgan fingerprint density at radius 1 is 1.12 bits per heavy atom. The van der Waals surface area contributed by atoms with E-state index in [9.17, 15) is 0 Å². The second-order valence-electron chi connectivity index (χ2n) is 5.97. The lowest BCUT2D eigenvalue weighted by molar-refractivity contribution is 0.374. The Labute approximate surface area is 108 Å². The molecule has 2 nitrogen and oxygen atoms in total. The summed E-state index contributed by atoms with van der Waals surface area (Å²) in [5.74, 6) is 1.02. The molecule has 1 N–H and O–H groups in total. The molecule has 102 valence electrons. The van der Waals surface area contributed by atoms with Gasteiger partial charge in [-0.05, 0) is 58.8 Å². The third-order valence-electron chi connectivity index (χ3n) is 4.00. The second-order valence-corrected chi connectivity index (χ2v) is 5.97. The van der Waals surface area contributed by atoms with Gasteiger partial charge in [-0.25, -0.2) is 0 Å². The molecule has 0 aromatic rings. The molecule has 0 aromatic carbocycles. The molecular weight excluding hydrogens is 208 g/mol. The van der Waals surface area contributed by atoms with E-state index in [1.165, 1.54) is 64.5 Å². The van der Waals surface area contributed by atoms with Gasteiger partial charge in [-0.1, -0.05) is 32.6 Å². The van der Waals surface area contributed by atoms with Crippen LogP contribution in [0.2, 0.25) is 0 Å². The third kappa shape index (κ3) is 7.05. The largest absolute Gasteiger partial charge is 0.314 e. The monoisotopic (exact) mass is 240 g/mol. The van der Waals surface area contributed by atoms with Crippen molar-refractivity contribution in [2.45, 2.75) is 64.3 Å². The zero-order chi connectivity index (χ0) is 12.5. The molecule has 0 aromatic heterocycles. The van der Waals surface area contributed by atoms with E-state index in [-0.39, 0.29) is 0 Å². The van der Waals surface area contributed by atoms with Crippen molar-refractivity contribution in [1.82, 2.24) is 10.2 Å². The Kier molecular flexibility index (Phi) is 7.87. The van der Waals surface area contributed by atoms with Crippen LogP contribution in [-0.2, 0) is 0 Å². The van der Waals surface area contributed by atoms with E-state index in [4.69, 9.17) is 0 Å². The number of nitrogens with one attached hydrogen (secondary N) is 1. The maximum absolute atomic E-state index is 3.75. The fraction of sp³-hybridized carbons (Fsp3) is 1.00. The van der Waals surface area contributed by atoms with Crippen LogP contribution in [0.25, 0.3) is 0 Å². The van der Waals surface area contributed by atoms with E-state index < -0.39 is 0 Å². The van der Waals surface area contributed by atoms with E-state index >= 15 is 0 Å². The summed E-state index contributed by atoms with van der Waals surface area (Å²) >= 11 is 0. The second kappa shape index (κ2) is 8.93. The van der Waals surface area contributed by atoms with Crippen molar-refractivity contribution in [3.63, 3.8) is 0 Å². The van der Waals surface area contributed by atoms with Crippen molar-refractivity contribution < 1.29 is 0 Å². The summed E-state index contributed by atoms with van der Waals surface area (Å²) in [5, 5.41) is 3.75. The van der Waals surface area contributed by atoms with Crippen molar-refractivity contribution in [3.8, 4) is 0 Å². The predicted molar refractivity (Wildman–Crippen MR) is 76.4 cm³/mol. The first kappa shape index (κ1) is 15.0. The van der Waals surface area contributed by atoms with Gasteiger partial charge in [-0.15, -0.1) is 0 Å². The molecular formula is C15H32N2. The fourth-order valence-corrected chi connectivity index (χ4v) is 2.98. The van der Waals surface area contributed by atoms with Gasteiger partial charge in [0.2, 0.25) is 0 Å². The lowest BCUT2D eigenvalue weighted by atomic mass is 9.95. The summed E-state index contributed by atoms with van der Waals surface area (Å²) in [4.78, 5) is 2.27. The topological polar surface area (TPSA) is 15.3 Å². The molecule has 2 heteroatoms. The smallest absolute Gasteiger partial charge is 0.00671 e. The molecule has 1 saturated carbocycles. The maximum atomic E-state index is 3.75. The zero-order valence-corrected chi connectivity index (χ0v) is 12.2. The van der Waals surface area contributed by atoms with Crippen LogP contribution in [0, 0.1) is 5.92 Å². The molecule has 1 aliphatic carbocycles. The average Bonchev–Trinajstić information content (AvgIpc) is 2.51. The normalized spacial score (nSPS) is 26.1. The molecule has 2 unspecified atom stereocenters. The molecule has 0 saturated heterocycles. The van der Waals surface area contributed by atoms with Gasteiger partial charge >= 0.3 is 0 Å². The van der Waals surface area contributed by atoms with Crippen LogP contribution in [0.15, 0.2) is 0 Å². The lowest BCUT2D eigenvalue weighted by Crippen LogP contribution is -2.31. The van der Waals surface area contributed by atoms with Crippen LogP contribution in [0.3, 0.4) is 0 Å². The van der Waals surface area contributed by atoms with Crippen LogP contribution >= 0.6 is 0 Å². The van der Waals surface area contributed by atoms with Crippen molar-refractivity contribution in [2.24, 2.45) is 5.92 Å². The number of hydrogen-bond donors (Lipinski definition) is 1. The van der Waals surface area contributed by atoms with Crippen LogP contribution in [0.5, 0.6) is 0 Å². The number of rotatable bonds is 7. The lowest BCUT2D eigenvalue weighted by Gasteiger charge is -2.17. The number of hydrogen-bond acceptors (Lipinski definition) is 2. The summed E-state index contributed by atoms with van der Waals surface area (Å²) in [5.41, 5.74) is 0. The molecule has 0 amide bonds. The van der Waals surface area contributed by atoms with Gasteiger partial charge < -0.3 is 10.2 Å². The summed E-state index contributed by atoms with van der Waals surface area (Å²) in [6.07, 6.45) is 11.3. The molecule has 1 rings (SSSR count). The summed E-state index contributed by atoms with van der Waals surface area (Å²) in [6, 6.07) is 0.805. The standard InChI is InChI=1S/C15H32N2/c1-4-7-14-8-5-9-15(11-10-14)16-12-6-13-17(2)3/h14-16H,4-13H2,1-3H3. The predicted octanol–water partition coefficient (Wildman–Crippen LogP) is 3.28. The van der Waals surface area contributed by atoms with Crippen molar-refractivity contribution in [3.05, 3.63) is 0 Å². The van der Waals surface area contributed by atoms with Gasteiger partial charge in [0.1, 0.15) is 0 Å². The van der Waals surface area contributed by atoms with Crippen LogP contribution in [0.4, 0.5) is 0 Å². The first-order chi connectivity index (χ1) is 8.22. The first-order valence-electron chi connectivity index (χ1n) is 7.60. The Balaban J connectivity index is 2.09. The Morgan fingerprint density at radius 3 is 2.65 bits per heavy atom. The van der Waals surface area contributed by atoms with Gasteiger partial charge in [-0.3, -0.25) is 0 Å². The van der Waals surface area contributed by atoms with Gasteiger partial charge in [0.25, 0.3) is 0 Å².